The SMILES string of the molecule is CN(CC1c2c(cnn2C)C2CN1C(=O)N2OCc1ccccc1)[P+](C)(C)C. The van der Waals surface area contributed by atoms with Gasteiger partial charge in [0.25, 0.3) is 0 Å². The van der Waals surface area contributed by atoms with Crippen LogP contribution in [0.3, 0.4) is 0 Å². The minimum Gasteiger partial charge on any atom is -0.310 e. The summed E-state index contributed by atoms with van der Waals surface area (Å²) in [6, 6.07) is 9.78. The van der Waals surface area contributed by atoms with Gasteiger partial charge < -0.3 is 4.90 Å². The monoisotopic (exact) mass is 402 g/mol. The third-order valence-electron chi connectivity index (χ3n) is 5.83. The Hall–Kier alpha value is -1.95. The number of carbonyl (C=O) groups is 1. The Morgan fingerprint density at radius 3 is 2.64 bits per heavy atom. The van der Waals surface area contributed by atoms with E-state index in [-0.39, 0.29) is 18.1 Å². The minimum absolute atomic E-state index is 0.0131. The summed E-state index contributed by atoms with van der Waals surface area (Å²) in [5.74, 6) is 0. The van der Waals surface area contributed by atoms with Gasteiger partial charge in [-0.3, -0.25) is 9.52 Å². The zero-order valence-corrected chi connectivity index (χ0v) is 18.1. The highest BCUT2D eigenvalue weighted by molar-refractivity contribution is 7.71. The summed E-state index contributed by atoms with van der Waals surface area (Å²) in [5.41, 5.74) is 3.27. The van der Waals surface area contributed by atoms with Crippen molar-refractivity contribution in [2.24, 2.45) is 7.05 Å². The number of hydrogen-bond acceptors (Lipinski definition) is 4. The van der Waals surface area contributed by atoms with Gasteiger partial charge in [-0.25, -0.2) is 4.79 Å². The van der Waals surface area contributed by atoms with E-state index in [4.69, 9.17) is 4.84 Å². The summed E-state index contributed by atoms with van der Waals surface area (Å²) in [6.07, 6.45) is 1.90. The molecule has 2 aliphatic heterocycles. The number of rotatable bonds is 6. The first-order valence-electron chi connectivity index (χ1n) is 9.59. The van der Waals surface area contributed by atoms with Crippen molar-refractivity contribution in [2.45, 2.75) is 18.7 Å². The van der Waals surface area contributed by atoms with E-state index in [9.17, 15) is 4.79 Å². The Morgan fingerprint density at radius 2 is 1.96 bits per heavy atom. The van der Waals surface area contributed by atoms with Crippen LogP contribution in [0, 0.1) is 0 Å². The lowest BCUT2D eigenvalue weighted by atomic mass is 9.98. The van der Waals surface area contributed by atoms with Crippen LogP contribution < -0.4 is 0 Å². The lowest BCUT2D eigenvalue weighted by molar-refractivity contribution is -0.141. The van der Waals surface area contributed by atoms with E-state index in [0.717, 1.165) is 23.4 Å². The molecule has 0 saturated carbocycles. The number of likely N-dealkylation sites (N-methyl/N-ethyl adjacent to an activating group) is 1. The summed E-state index contributed by atoms with van der Waals surface area (Å²) in [5, 5.41) is 6.06. The maximum atomic E-state index is 13.2. The average molecular weight is 402 g/mol. The molecule has 1 aromatic heterocycles. The minimum atomic E-state index is -1.17. The van der Waals surface area contributed by atoms with Crippen molar-refractivity contribution >= 4 is 13.4 Å². The molecule has 7 nitrogen and oxygen atoms in total. The molecular weight excluding hydrogens is 373 g/mol. The van der Waals surface area contributed by atoms with Crippen LogP contribution >= 0.6 is 7.41 Å². The molecule has 2 bridgehead atoms. The first-order valence-corrected chi connectivity index (χ1v) is 12.7. The zero-order valence-electron chi connectivity index (χ0n) is 17.2. The molecule has 2 unspecified atom stereocenters. The van der Waals surface area contributed by atoms with Crippen LogP contribution in [-0.4, -0.2) is 70.6 Å². The van der Waals surface area contributed by atoms with Crippen LogP contribution in [0.1, 0.15) is 28.9 Å². The van der Waals surface area contributed by atoms with Crippen molar-refractivity contribution in [1.82, 2.24) is 24.4 Å². The summed E-state index contributed by atoms with van der Waals surface area (Å²) < 4.78 is 4.32. The van der Waals surface area contributed by atoms with E-state index in [1.807, 2.05) is 53.2 Å². The molecule has 0 radical (unpaired) electrons. The number of aromatic nitrogens is 2. The predicted molar refractivity (Wildman–Crippen MR) is 111 cm³/mol. The number of hydroxylamine groups is 2. The molecule has 1 aromatic carbocycles. The molecule has 4 rings (SSSR count). The van der Waals surface area contributed by atoms with Crippen molar-refractivity contribution in [3.63, 3.8) is 0 Å². The fourth-order valence-corrected chi connectivity index (χ4v) is 4.55. The topological polar surface area (TPSA) is 53.8 Å². The quantitative estimate of drug-likeness (QED) is 0.697. The molecule has 2 aromatic rings. The van der Waals surface area contributed by atoms with Gasteiger partial charge in [0.2, 0.25) is 0 Å². The second-order valence-corrected chi connectivity index (χ2v) is 13.0. The molecule has 150 valence electrons. The lowest BCUT2D eigenvalue weighted by Crippen LogP contribution is -2.40. The Balaban J connectivity index is 1.61. The number of carbonyl (C=O) groups excluding carboxylic acids is 1. The highest BCUT2D eigenvalue weighted by Crippen LogP contribution is 2.52. The molecule has 2 amide bonds. The summed E-state index contributed by atoms with van der Waals surface area (Å²) in [4.78, 5) is 21.2. The molecular formula is C20H29N5O2P+. The predicted octanol–water partition coefficient (Wildman–Crippen LogP) is 3.14. The maximum Gasteiger partial charge on any atom is 0.345 e. The normalized spacial score (nSPS) is 21.6. The number of hydrogen-bond donors (Lipinski definition) is 0. The second-order valence-electron chi connectivity index (χ2n) is 8.44. The van der Waals surface area contributed by atoms with E-state index < -0.39 is 7.41 Å². The van der Waals surface area contributed by atoms with Gasteiger partial charge in [0.15, 0.2) is 0 Å². The number of amides is 2. The van der Waals surface area contributed by atoms with Crippen molar-refractivity contribution in [3.8, 4) is 0 Å². The van der Waals surface area contributed by atoms with Crippen LogP contribution in [0.2, 0.25) is 0 Å². The molecule has 2 atom stereocenters. The maximum absolute atomic E-state index is 13.2. The molecule has 0 spiro atoms. The fourth-order valence-electron chi connectivity index (χ4n) is 3.90. The van der Waals surface area contributed by atoms with Crippen molar-refractivity contribution < 1.29 is 9.63 Å². The number of urea groups is 1. The highest BCUT2D eigenvalue weighted by Gasteiger charge is 2.51. The molecule has 2 aliphatic rings. The van der Waals surface area contributed by atoms with Gasteiger partial charge in [0, 0.05) is 19.7 Å². The average Bonchev–Trinajstić information content (AvgIpc) is 3.17. The van der Waals surface area contributed by atoms with E-state index >= 15 is 0 Å². The number of fused-ring (bicyclic) bond motifs is 4. The second kappa shape index (κ2) is 7.14. The first-order chi connectivity index (χ1) is 13.3. The lowest BCUT2D eigenvalue weighted by Gasteiger charge is -2.35. The van der Waals surface area contributed by atoms with Crippen molar-refractivity contribution in [3.05, 3.63) is 53.3 Å². The molecule has 8 heteroatoms. The number of benzene rings is 1. The Labute approximate surface area is 167 Å². The summed E-state index contributed by atoms with van der Waals surface area (Å²) in [6.45, 7) is 8.71. The Kier molecular flexibility index (Phi) is 4.94. The molecule has 0 N–H and O–H groups in total. The van der Waals surface area contributed by atoms with Crippen molar-refractivity contribution in [1.29, 1.82) is 0 Å². The van der Waals surface area contributed by atoms with Gasteiger partial charge in [-0.15, -0.1) is 0 Å². The van der Waals surface area contributed by atoms with Gasteiger partial charge in [0.05, 0.1) is 58.4 Å². The summed E-state index contributed by atoms with van der Waals surface area (Å²) >= 11 is 0. The number of aryl methyl sites for hydroxylation is 1. The number of nitrogens with zero attached hydrogens (tertiary/aromatic N) is 5. The van der Waals surface area contributed by atoms with Gasteiger partial charge in [-0.1, -0.05) is 30.3 Å². The van der Waals surface area contributed by atoms with Gasteiger partial charge >= 0.3 is 6.03 Å². The van der Waals surface area contributed by atoms with Gasteiger partial charge in [0.1, 0.15) is 12.6 Å². The van der Waals surface area contributed by atoms with E-state index in [1.54, 1.807) is 5.06 Å². The van der Waals surface area contributed by atoms with Gasteiger partial charge in [-0.2, -0.15) is 14.8 Å². The molecule has 0 aliphatic carbocycles. The van der Waals surface area contributed by atoms with Crippen LogP contribution in [0.25, 0.3) is 0 Å². The van der Waals surface area contributed by atoms with Crippen LogP contribution in [0.4, 0.5) is 4.79 Å². The van der Waals surface area contributed by atoms with Gasteiger partial charge in [-0.05, 0) is 5.56 Å². The summed E-state index contributed by atoms with van der Waals surface area (Å²) in [7, 11) is 2.94. The van der Waals surface area contributed by atoms with E-state index in [2.05, 4.69) is 36.8 Å². The largest absolute Gasteiger partial charge is 0.345 e. The molecule has 3 heterocycles. The van der Waals surface area contributed by atoms with Crippen LogP contribution in [0.15, 0.2) is 36.5 Å². The third-order valence-corrected chi connectivity index (χ3v) is 8.04. The van der Waals surface area contributed by atoms with Crippen molar-refractivity contribution in [2.75, 3.05) is 40.1 Å². The first kappa shape index (κ1) is 19.4. The standard InChI is InChI=1S/C20H29N5O2P/c1-22(28(3,4)5)12-18-19-16(11-21-23(19)2)17-13-24(18)20(26)25(17)27-14-15-9-7-6-8-10-15/h6-11,17-18H,12-14H2,1-5H3/q+1. The molecule has 28 heavy (non-hydrogen) atoms. The molecule has 1 fully saturated rings. The van der Waals surface area contributed by atoms with E-state index in [0.29, 0.717) is 13.2 Å². The molecule has 1 saturated heterocycles. The fraction of sp³-hybridized carbons (Fsp3) is 0.500. The smallest absolute Gasteiger partial charge is 0.310 e. The highest BCUT2D eigenvalue weighted by atomic mass is 31.2. The zero-order chi connectivity index (χ0) is 20.1. The van der Waals surface area contributed by atoms with Crippen LogP contribution in [0.5, 0.6) is 0 Å². The third kappa shape index (κ3) is 3.32. The van der Waals surface area contributed by atoms with Crippen LogP contribution in [-0.2, 0) is 18.5 Å². The van der Waals surface area contributed by atoms with E-state index in [1.165, 1.54) is 0 Å². The Morgan fingerprint density at radius 1 is 1.25 bits per heavy atom. The Bertz CT molecular complexity index is 863.